The fraction of sp³-hybridized carbons (Fsp3) is 0.700. The minimum Gasteiger partial charge on any atom is -0.172 e. The molecule has 68 heavy (non-hydrogen) atoms. The lowest BCUT2D eigenvalue weighted by Crippen LogP contribution is -2.05. The van der Waals surface area contributed by atoms with Crippen molar-refractivity contribution in [2.45, 2.75) is 260 Å². The molecule has 0 saturated heterocycles. The largest absolute Gasteiger partial charge is 0.172 e. The summed E-state index contributed by atoms with van der Waals surface area (Å²) in [6.45, 7) is 14.0. The molecule has 0 saturated carbocycles. The third kappa shape index (κ3) is 16.9. The van der Waals surface area contributed by atoms with Crippen LogP contribution in [0, 0.1) is 25.7 Å². The molecule has 376 valence electrons. The molecule has 4 aromatic heterocycles. The molecule has 0 spiro atoms. The van der Waals surface area contributed by atoms with E-state index >= 15 is 0 Å². The van der Waals surface area contributed by atoms with E-state index in [4.69, 9.17) is 17.5 Å². The Morgan fingerprint density at radius 3 is 0.941 bits per heavy atom. The predicted molar refractivity (Wildman–Crippen MR) is 307 cm³/mol. The van der Waals surface area contributed by atoms with Crippen molar-refractivity contribution in [2.75, 3.05) is 0 Å². The van der Waals surface area contributed by atoms with Crippen molar-refractivity contribution >= 4 is 79.0 Å². The molecule has 2 atom stereocenters. The minimum atomic E-state index is 0.765. The van der Waals surface area contributed by atoms with Crippen LogP contribution in [0.2, 0.25) is 0 Å². The van der Waals surface area contributed by atoms with Gasteiger partial charge in [-0.15, -0.1) is 22.7 Å². The smallest absolute Gasteiger partial charge is 0.114 e. The molecule has 2 unspecified atom stereocenters. The summed E-state index contributed by atoms with van der Waals surface area (Å²) in [5.74, 6) is 1.53. The van der Waals surface area contributed by atoms with Crippen LogP contribution in [-0.4, -0.2) is 17.5 Å². The number of fused-ring (bicyclic) bond motifs is 5. The van der Waals surface area contributed by atoms with Crippen LogP contribution < -0.4 is 0 Å². The second kappa shape index (κ2) is 31.3. The highest BCUT2D eigenvalue weighted by Crippen LogP contribution is 2.45. The van der Waals surface area contributed by atoms with Gasteiger partial charge in [0, 0.05) is 41.4 Å². The lowest BCUT2D eigenvalue weighted by molar-refractivity contribution is 0.400. The van der Waals surface area contributed by atoms with Crippen molar-refractivity contribution in [1.82, 2.24) is 17.5 Å². The maximum atomic E-state index is 5.03. The van der Waals surface area contributed by atoms with E-state index in [-0.39, 0.29) is 0 Å². The zero-order chi connectivity index (χ0) is 47.8. The summed E-state index contributed by atoms with van der Waals surface area (Å²) < 4.78 is 20.1. The minimum absolute atomic E-state index is 0.765. The first-order valence-electron chi connectivity index (χ1n) is 28.5. The summed E-state index contributed by atoms with van der Waals surface area (Å²) in [5, 5.41) is 2.32. The summed E-state index contributed by atoms with van der Waals surface area (Å²) in [6.07, 6.45) is 46.7. The van der Waals surface area contributed by atoms with Crippen molar-refractivity contribution in [2.24, 2.45) is 11.8 Å². The van der Waals surface area contributed by atoms with Crippen LogP contribution in [-0.2, 0) is 12.8 Å². The predicted octanol–water partition coefficient (Wildman–Crippen LogP) is 21.8. The zero-order valence-corrected chi connectivity index (χ0v) is 47.2. The van der Waals surface area contributed by atoms with E-state index in [1.807, 2.05) is 22.7 Å². The molecule has 6 rings (SSSR count). The third-order valence-electron chi connectivity index (χ3n) is 15.3. The van der Waals surface area contributed by atoms with E-state index in [0.29, 0.717) is 0 Å². The highest BCUT2D eigenvalue weighted by Gasteiger charge is 2.23. The monoisotopic (exact) mass is 997 g/mol. The Labute approximate surface area is 431 Å². The lowest BCUT2D eigenvalue weighted by Gasteiger charge is -2.17. The summed E-state index contributed by atoms with van der Waals surface area (Å²) >= 11 is 6.62. The molecule has 0 N–H and O–H groups in total. The van der Waals surface area contributed by atoms with E-state index in [2.05, 4.69) is 65.8 Å². The number of hydrogen-bond donors (Lipinski definition) is 0. The molecule has 8 heteroatoms. The lowest BCUT2D eigenvalue weighted by atomic mass is 9.88. The first kappa shape index (κ1) is 55.1. The van der Waals surface area contributed by atoms with Crippen LogP contribution in [0.4, 0.5) is 0 Å². The van der Waals surface area contributed by atoms with Crippen LogP contribution in [0.15, 0.2) is 24.3 Å². The molecule has 0 bridgehead atoms. The number of aromatic nitrogens is 4. The van der Waals surface area contributed by atoms with Crippen molar-refractivity contribution in [3.8, 4) is 20.9 Å². The molecule has 6 aromatic rings. The average Bonchev–Trinajstić information content (AvgIpc) is 4.18. The number of nitrogens with zero attached hydrogens (tertiary/aromatic N) is 4. The van der Waals surface area contributed by atoms with E-state index < -0.39 is 0 Å². The summed E-state index contributed by atoms with van der Waals surface area (Å²) in [7, 11) is 0. The van der Waals surface area contributed by atoms with Gasteiger partial charge in [0.25, 0.3) is 0 Å². The molecule has 0 aliphatic carbocycles. The maximum absolute atomic E-state index is 5.03. The topological polar surface area (TPSA) is 51.6 Å². The van der Waals surface area contributed by atoms with Crippen LogP contribution in [0.3, 0.4) is 0 Å². The fourth-order valence-electron chi connectivity index (χ4n) is 11.0. The Morgan fingerprint density at radius 2 is 0.632 bits per heavy atom. The van der Waals surface area contributed by atoms with Crippen LogP contribution in [0.25, 0.3) is 53.7 Å². The number of hydrogen-bond acceptors (Lipinski definition) is 8. The van der Waals surface area contributed by atoms with E-state index in [1.54, 1.807) is 11.1 Å². The van der Waals surface area contributed by atoms with Gasteiger partial charge in [-0.25, -0.2) is 0 Å². The molecule has 4 heterocycles. The molecular weight excluding hydrogens is 905 g/mol. The second-order valence-electron chi connectivity index (χ2n) is 21.0. The Balaban J connectivity index is 1.19. The second-order valence-corrected chi connectivity index (χ2v) is 24.6. The van der Waals surface area contributed by atoms with Gasteiger partial charge < -0.3 is 0 Å². The van der Waals surface area contributed by atoms with Gasteiger partial charge in [-0.05, 0) is 73.9 Å². The number of thiophene rings is 2. The Bertz CT molecular complexity index is 2130. The van der Waals surface area contributed by atoms with Gasteiger partial charge in [-0.1, -0.05) is 233 Å². The number of rotatable bonds is 38. The molecule has 2 aromatic carbocycles. The molecule has 0 radical (unpaired) electrons. The van der Waals surface area contributed by atoms with Gasteiger partial charge in [0.05, 0.1) is 23.5 Å². The van der Waals surface area contributed by atoms with Gasteiger partial charge in [0.2, 0.25) is 0 Å². The first-order chi connectivity index (χ1) is 33.4. The Hall–Kier alpha value is -2.26. The Morgan fingerprint density at radius 1 is 0.353 bits per heavy atom. The summed E-state index contributed by atoms with van der Waals surface area (Å²) in [4.78, 5) is 5.58. The molecular formula is C60H92N4S4. The van der Waals surface area contributed by atoms with Gasteiger partial charge in [0.15, 0.2) is 0 Å². The van der Waals surface area contributed by atoms with E-state index in [0.717, 1.165) is 44.7 Å². The summed E-state index contributed by atoms with van der Waals surface area (Å²) in [6, 6.07) is 9.83. The quantitative estimate of drug-likeness (QED) is 0.0363. The first-order valence-corrected chi connectivity index (χ1v) is 31.6. The number of unbranched alkanes of at least 4 members (excludes halogenated alkanes) is 24. The van der Waals surface area contributed by atoms with Crippen LogP contribution in [0.5, 0.6) is 0 Å². The zero-order valence-electron chi connectivity index (χ0n) is 43.9. The van der Waals surface area contributed by atoms with E-state index in [1.165, 1.54) is 272 Å². The van der Waals surface area contributed by atoms with Gasteiger partial charge >= 0.3 is 0 Å². The Kier molecular flexibility index (Phi) is 25.3. The van der Waals surface area contributed by atoms with Gasteiger partial charge in [-0.2, -0.15) is 17.5 Å². The van der Waals surface area contributed by atoms with Crippen molar-refractivity contribution in [1.29, 1.82) is 0 Å². The molecule has 0 fully saturated rings. The summed E-state index contributed by atoms with van der Waals surface area (Å²) in [5.41, 5.74) is 9.61. The SMILES string of the molecule is CCCCCCCCCCC(CCCCCCCC)Cc1cc(-c2cc3c(cc(-c4cc(CC(CCCCCCCC)CCCCCCCCCC)c(C)s4)c4nsnc43)c3nsnc23)sc1C. The van der Waals surface area contributed by atoms with Crippen LogP contribution >= 0.6 is 46.1 Å². The number of aryl methyl sites for hydroxylation is 2. The standard InChI is InChI=1S/C60H92N4S4/c1-7-11-15-19-23-25-29-33-37-47(35-31-27-21-17-13-9-3)39-49-41-55(65-45(49)5)53-43-51-52(57-59(53)63-67-61-57)44-54(60-58(51)62-68-64-60)56-42-50(46(6)66-56)40-48(36-32-28-22-18-14-10-4)38-34-30-26-24-20-16-12-8-2/h41-44,47-48H,7-40H2,1-6H3. The normalized spacial score (nSPS) is 13.0. The van der Waals surface area contributed by atoms with Gasteiger partial charge in [0.1, 0.15) is 22.1 Å². The van der Waals surface area contributed by atoms with Crippen LogP contribution in [0.1, 0.15) is 254 Å². The molecule has 4 nitrogen and oxygen atoms in total. The van der Waals surface area contributed by atoms with Crippen molar-refractivity contribution in [3.05, 3.63) is 45.1 Å². The third-order valence-corrected chi connectivity index (χ3v) is 18.6. The highest BCUT2D eigenvalue weighted by atomic mass is 32.1. The fourth-order valence-corrected chi connectivity index (χ4v) is 14.3. The van der Waals surface area contributed by atoms with E-state index in [9.17, 15) is 0 Å². The number of benzene rings is 2. The maximum Gasteiger partial charge on any atom is 0.114 e. The molecule has 0 amide bonds. The van der Waals surface area contributed by atoms with Gasteiger partial charge in [-0.3, -0.25) is 0 Å². The highest BCUT2D eigenvalue weighted by molar-refractivity contribution is 7.16. The average molecular weight is 998 g/mol. The molecule has 0 aliphatic rings. The molecule has 0 aliphatic heterocycles. The van der Waals surface area contributed by atoms with Crippen molar-refractivity contribution in [3.63, 3.8) is 0 Å². The van der Waals surface area contributed by atoms with Crippen molar-refractivity contribution < 1.29 is 0 Å².